The summed E-state index contributed by atoms with van der Waals surface area (Å²) in [5.74, 6) is 0.132. The Morgan fingerprint density at radius 2 is 2.37 bits per heavy atom. The number of carbonyl (C=O) groups excluding carboxylic acids is 2. The second-order valence-corrected chi connectivity index (χ2v) is 4.68. The van der Waals surface area contributed by atoms with Gasteiger partial charge < -0.3 is 15.5 Å². The van der Waals surface area contributed by atoms with E-state index < -0.39 is 6.04 Å². The summed E-state index contributed by atoms with van der Waals surface area (Å²) in [5.41, 5.74) is 0.380. The predicted molar refractivity (Wildman–Crippen MR) is 72.3 cm³/mol. The van der Waals surface area contributed by atoms with Crippen LogP contribution in [0.5, 0.6) is 0 Å². The fourth-order valence-electron chi connectivity index (χ4n) is 1.96. The van der Waals surface area contributed by atoms with Crippen molar-refractivity contribution in [1.29, 1.82) is 0 Å². The van der Waals surface area contributed by atoms with E-state index in [1.165, 1.54) is 11.1 Å². The Kier molecular flexibility index (Phi) is 3.90. The van der Waals surface area contributed by atoms with Crippen LogP contribution in [0.25, 0.3) is 0 Å². The molecule has 0 radical (unpaired) electrons. The van der Waals surface area contributed by atoms with Crippen molar-refractivity contribution in [1.82, 2.24) is 15.2 Å². The van der Waals surface area contributed by atoms with Crippen LogP contribution in [0.1, 0.15) is 17.3 Å². The molecule has 2 rings (SSSR count). The number of piperazine rings is 1. The molecule has 1 fully saturated rings. The molecule has 6 nitrogen and oxygen atoms in total. The topological polar surface area (TPSA) is 74.3 Å². The van der Waals surface area contributed by atoms with Crippen LogP contribution in [-0.4, -0.2) is 47.9 Å². The van der Waals surface area contributed by atoms with Crippen molar-refractivity contribution in [3.05, 3.63) is 22.8 Å². The smallest absolute Gasteiger partial charge is 0.256 e. The van der Waals surface area contributed by atoms with Crippen molar-refractivity contribution in [3.63, 3.8) is 0 Å². The monoisotopic (exact) mass is 282 g/mol. The number of rotatable bonds is 2. The molecule has 1 aromatic rings. The molecule has 7 heteroatoms. The normalized spacial score (nSPS) is 19.0. The Morgan fingerprint density at radius 3 is 3.00 bits per heavy atom. The quantitative estimate of drug-likeness (QED) is 0.839. The Morgan fingerprint density at radius 1 is 1.63 bits per heavy atom. The van der Waals surface area contributed by atoms with Gasteiger partial charge in [-0.2, -0.15) is 0 Å². The molecule has 0 bridgehead atoms. The third kappa shape index (κ3) is 2.63. The van der Waals surface area contributed by atoms with E-state index in [9.17, 15) is 9.59 Å². The zero-order chi connectivity index (χ0) is 14.0. The van der Waals surface area contributed by atoms with Crippen molar-refractivity contribution >= 4 is 29.2 Å². The van der Waals surface area contributed by atoms with Crippen LogP contribution >= 0.6 is 11.6 Å². The zero-order valence-electron chi connectivity index (χ0n) is 10.7. The zero-order valence-corrected chi connectivity index (χ0v) is 11.5. The van der Waals surface area contributed by atoms with Crippen LogP contribution in [0.4, 0.5) is 5.82 Å². The molecule has 1 aliphatic heterocycles. The largest absolute Gasteiger partial charge is 0.372 e. The van der Waals surface area contributed by atoms with E-state index in [-0.39, 0.29) is 11.8 Å². The third-order valence-corrected chi connectivity index (χ3v) is 3.37. The number of amides is 2. The van der Waals surface area contributed by atoms with E-state index in [2.05, 4.69) is 15.6 Å². The lowest BCUT2D eigenvalue weighted by molar-refractivity contribution is -0.127. The van der Waals surface area contributed by atoms with Gasteiger partial charge in [0.1, 0.15) is 11.9 Å². The second-order valence-electron chi connectivity index (χ2n) is 4.27. The fraction of sp³-hybridized carbons (Fsp3) is 0.417. The van der Waals surface area contributed by atoms with Gasteiger partial charge in [-0.3, -0.25) is 9.59 Å². The van der Waals surface area contributed by atoms with Crippen LogP contribution in [0.2, 0.25) is 5.02 Å². The van der Waals surface area contributed by atoms with Gasteiger partial charge >= 0.3 is 0 Å². The Bertz CT molecular complexity index is 520. The molecule has 0 saturated carbocycles. The summed E-state index contributed by atoms with van der Waals surface area (Å²) in [5, 5.41) is 5.92. The number of nitrogens with one attached hydrogen (secondary N) is 2. The van der Waals surface area contributed by atoms with Crippen molar-refractivity contribution in [2.45, 2.75) is 13.0 Å². The molecule has 2 N–H and O–H groups in total. The number of nitrogens with zero attached hydrogens (tertiary/aromatic N) is 2. The van der Waals surface area contributed by atoms with Crippen molar-refractivity contribution < 1.29 is 9.59 Å². The summed E-state index contributed by atoms with van der Waals surface area (Å²) >= 11 is 6.00. The first-order chi connectivity index (χ1) is 9.04. The Hall–Kier alpha value is -1.82. The Labute approximate surface area is 116 Å². The van der Waals surface area contributed by atoms with Crippen molar-refractivity contribution in [2.75, 3.05) is 25.5 Å². The van der Waals surface area contributed by atoms with E-state index in [1.807, 2.05) is 0 Å². The van der Waals surface area contributed by atoms with Gasteiger partial charge in [0.05, 0.1) is 10.6 Å². The van der Waals surface area contributed by atoms with E-state index in [0.717, 1.165) is 0 Å². The van der Waals surface area contributed by atoms with Crippen LogP contribution in [0, 0.1) is 0 Å². The lowest BCUT2D eigenvalue weighted by atomic mass is 10.1. The molecule has 0 aromatic carbocycles. The van der Waals surface area contributed by atoms with Gasteiger partial charge in [0.25, 0.3) is 5.91 Å². The molecule has 19 heavy (non-hydrogen) atoms. The number of carbonyl (C=O) groups is 2. The average molecular weight is 283 g/mol. The fourth-order valence-corrected chi connectivity index (χ4v) is 2.23. The summed E-state index contributed by atoms with van der Waals surface area (Å²) in [6.07, 6.45) is 1.46. The lowest BCUT2D eigenvalue weighted by Crippen LogP contribution is -2.55. The van der Waals surface area contributed by atoms with Gasteiger partial charge in [-0.25, -0.2) is 4.98 Å². The highest BCUT2D eigenvalue weighted by atomic mass is 35.5. The van der Waals surface area contributed by atoms with Gasteiger partial charge in [0.15, 0.2) is 0 Å². The minimum Gasteiger partial charge on any atom is -0.372 e. The van der Waals surface area contributed by atoms with E-state index >= 15 is 0 Å². The summed E-state index contributed by atoms with van der Waals surface area (Å²) in [4.78, 5) is 29.5. The van der Waals surface area contributed by atoms with Gasteiger partial charge in [-0.15, -0.1) is 0 Å². The van der Waals surface area contributed by atoms with Crippen LogP contribution in [0.3, 0.4) is 0 Å². The van der Waals surface area contributed by atoms with Gasteiger partial charge in [-0.1, -0.05) is 11.6 Å². The van der Waals surface area contributed by atoms with Crippen molar-refractivity contribution in [3.8, 4) is 0 Å². The Balaban J connectivity index is 2.24. The molecule has 1 aromatic heterocycles. The first-order valence-corrected chi connectivity index (χ1v) is 6.34. The van der Waals surface area contributed by atoms with E-state index in [1.54, 1.807) is 20.0 Å². The van der Waals surface area contributed by atoms with E-state index in [4.69, 9.17) is 11.6 Å². The third-order valence-electron chi connectivity index (χ3n) is 3.08. The van der Waals surface area contributed by atoms with Crippen LogP contribution in [0.15, 0.2) is 12.3 Å². The molecular weight excluding hydrogens is 268 g/mol. The molecule has 1 saturated heterocycles. The number of pyridine rings is 1. The van der Waals surface area contributed by atoms with E-state index in [0.29, 0.717) is 29.5 Å². The molecule has 1 aliphatic rings. The standard InChI is InChI=1S/C12H15ClN4O2/c1-7-11(18)15-3-4-17(7)12(19)8-5-9(13)10(14-2)16-6-8/h5-7H,3-4H2,1-2H3,(H,14,16)(H,15,18). The summed E-state index contributed by atoms with van der Waals surface area (Å²) < 4.78 is 0. The molecule has 0 aliphatic carbocycles. The molecule has 0 spiro atoms. The molecule has 1 atom stereocenters. The lowest BCUT2D eigenvalue weighted by Gasteiger charge is -2.32. The van der Waals surface area contributed by atoms with Crippen molar-refractivity contribution in [2.24, 2.45) is 0 Å². The minimum atomic E-state index is -0.482. The molecule has 1 unspecified atom stereocenters. The summed E-state index contributed by atoms with van der Waals surface area (Å²) in [6, 6.07) is 1.08. The maximum atomic E-state index is 12.3. The molecular formula is C12H15ClN4O2. The SMILES string of the molecule is CNc1ncc(C(=O)N2CCNC(=O)C2C)cc1Cl. The first kappa shape index (κ1) is 13.6. The molecule has 2 heterocycles. The minimum absolute atomic E-state index is 0.148. The number of hydrogen-bond donors (Lipinski definition) is 2. The highest BCUT2D eigenvalue weighted by Gasteiger charge is 2.30. The number of halogens is 1. The van der Waals surface area contributed by atoms with Crippen LogP contribution < -0.4 is 10.6 Å². The predicted octanol–water partition coefficient (Wildman–Crippen LogP) is 0.737. The average Bonchev–Trinajstić information content (AvgIpc) is 2.41. The highest BCUT2D eigenvalue weighted by Crippen LogP contribution is 2.21. The summed E-state index contributed by atoms with van der Waals surface area (Å²) in [7, 11) is 1.70. The number of anilines is 1. The molecule has 2 amide bonds. The van der Waals surface area contributed by atoms with Gasteiger partial charge in [0.2, 0.25) is 5.91 Å². The number of aromatic nitrogens is 1. The van der Waals surface area contributed by atoms with Crippen LogP contribution in [-0.2, 0) is 4.79 Å². The van der Waals surface area contributed by atoms with Gasteiger partial charge in [0, 0.05) is 26.3 Å². The number of hydrogen-bond acceptors (Lipinski definition) is 4. The summed E-state index contributed by atoms with van der Waals surface area (Å²) in [6.45, 7) is 2.64. The first-order valence-electron chi connectivity index (χ1n) is 5.96. The molecule has 102 valence electrons. The highest BCUT2D eigenvalue weighted by molar-refractivity contribution is 6.33. The van der Waals surface area contributed by atoms with Gasteiger partial charge in [-0.05, 0) is 13.0 Å². The second kappa shape index (κ2) is 5.44. The maximum Gasteiger partial charge on any atom is 0.256 e. The maximum absolute atomic E-state index is 12.3.